The number of nitrogens with zero attached hydrogens (tertiary/aromatic N) is 1. The molecule has 0 aromatic heterocycles. The number of likely N-dealkylation sites (tertiary alicyclic amines) is 1. The Morgan fingerprint density at radius 3 is 2.75 bits per heavy atom. The molecule has 0 spiro atoms. The van der Waals surface area contributed by atoms with Crippen LogP contribution in [0.4, 0.5) is 0 Å². The molecule has 2 aliphatic rings. The van der Waals surface area contributed by atoms with Crippen molar-refractivity contribution in [2.24, 2.45) is 5.92 Å². The summed E-state index contributed by atoms with van der Waals surface area (Å²) >= 11 is 3.44. The van der Waals surface area contributed by atoms with Gasteiger partial charge in [-0.05, 0) is 75.2 Å². The fourth-order valence-corrected chi connectivity index (χ4v) is 4.71. The molecule has 0 saturated carbocycles. The number of fused-ring (bicyclic) bond motifs is 1. The number of aryl methyl sites for hydroxylation is 1. The Kier molecular flexibility index (Phi) is 6.67. The van der Waals surface area contributed by atoms with Crippen molar-refractivity contribution in [3.63, 3.8) is 0 Å². The molecule has 1 N–H and O–H groups in total. The molecule has 32 heavy (non-hydrogen) atoms. The van der Waals surface area contributed by atoms with Crippen molar-refractivity contribution in [3.05, 3.63) is 62.8 Å². The maximum Gasteiger partial charge on any atom is 0.309 e. The van der Waals surface area contributed by atoms with E-state index >= 15 is 0 Å². The SMILES string of the molecule is CCOC(=O)C1CCN(Cc2c(O)cc(C)c3c2O/C(=C/c2cccc(Br)c2)C3=O)CC1. The Balaban J connectivity index is 1.56. The smallest absolute Gasteiger partial charge is 0.309 e. The van der Waals surface area contributed by atoms with E-state index in [-0.39, 0.29) is 29.2 Å². The van der Waals surface area contributed by atoms with E-state index in [1.54, 1.807) is 19.1 Å². The molecular formula is C25H26BrNO5. The van der Waals surface area contributed by atoms with Gasteiger partial charge in [-0.1, -0.05) is 28.1 Å². The molecule has 2 heterocycles. The number of aromatic hydroxyl groups is 1. The van der Waals surface area contributed by atoms with Crippen LogP contribution < -0.4 is 4.74 Å². The number of rotatable bonds is 5. The lowest BCUT2D eigenvalue weighted by atomic mass is 9.95. The maximum absolute atomic E-state index is 13.1. The quantitative estimate of drug-likeness (QED) is 0.467. The van der Waals surface area contributed by atoms with E-state index in [0.29, 0.717) is 61.5 Å². The summed E-state index contributed by atoms with van der Waals surface area (Å²) in [7, 11) is 0. The van der Waals surface area contributed by atoms with Crippen LogP contribution >= 0.6 is 15.9 Å². The van der Waals surface area contributed by atoms with Gasteiger partial charge in [-0.2, -0.15) is 0 Å². The largest absolute Gasteiger partial charge is 0.507 e. The van der Waals surface area contributed by atoms with Crippen molar-refractivity contribution in [2.75, 3.05) is 19.7 Å². The van der Waals surface area contributed by atoms with E-state index in [0.717, 1.165) is 10.0 Å². The third-order valence-electron chi connectivity index (χ3n) is 5.96. The fraction of sp³-hybridized carbons (Fsp3) is 0.360. The van der Waals surface area contributed by atoms with Crippen LogP contribution in [0.3, 0.4) is 0 Å². The zero-order valence-electron chi connectivity index (χ0n) is 18.2. The number of Topliss-reactive ketones (excluding diaryl/α,β-unsaturated/α-hetero) is 1. The molecule has 2 aliphatic heterocycles. The van der Waals surface area contributed by atoms with E-state index in [1.807, 2.05) is 31.2 Å². The molecule has 1 fully saturated rings. The van der Waals surface area contributed by atoms with E-state index in [9.17, 15) is 14.7 Å². The summed E-state index contributed by atoms with van der Waals surface area (Å²) in [5.74, 6) is 0.393. The van der Waals surface area contributed by atoms with Gasteiger partial charge in [0.25, 0.3) is 0 Å². The Bertz CT molecular complexity index is 1090. The average Bonchev–Trinajstić information content (AvgIpc) is 3.08. The lowest BCUT2D eigenvalue weighted by Gasteiger charge is -2.31. The number of hydrogen-bond acceptors (Lipinski definition) is 6. The number of piperidine rings is 1. The number of ether oxygens (including phenoxy) is 2. The Hall–Kier alpha value is -2.64. The molecule has 0 amide bonds. The highest BCUT2D eigenvalue weighted by Gasteiger charge is 2.34. The molecule has 2 aromatic rings. The summed E-state index contributed by atoms with van der Waals surface area (Å²) in [4.78, 5) is 27.3. The standard InChI is InChI=1S/C25H26BrNO5/c1-3-31-25(30)17-7-9-27(10-8-17)14-19-20(28)11-15(2)22-23(29)21(32-24(19)22)13-16-5-4-6-18(26)12-16/h4-6,11-13,17,28H,3,7-10,14H2,1-2H3/b21-13+. The van der Waals surface area contributed by atoms with Crippen LogP contribution in [-0.4, -0.2) is 41.5 Å². The second-order valence-corrected chi connectivity index (χ2v) is 9.11. The number of carbonyl (C=O) groups excluding carboxylic acids is 2. The minimum Gasteiger partial charge on any atom is -0.507 e. The van der Waals surface area contributed by atoms with Gasteiger partial charge in [0.1, 0.15) is 11.5 Å². The minimum atomic E-state index is -0.181. The van der Waals surface area contributed by atoms with Gasteiger partial charge in [-0.15, -0.1) is 0 Å². The lowest BCUT2D eigenvalue weighted by Crippen LogP contribution is -2.36. The van der Waals surface area contributed by atoms with Crippen molar-refractivity contribution >= 4 is 33.8 Å². The van der Waals surface area contributed by atoms with Crippen LogP contribution in [0.5, 0.6) is 11.5 Å². The molecule has 0 radical (unpaired) electrons. The monoisotopic (exact) mass is 499 g/mol. The summed E-state index contributed by atoms with van der Waals surface area (Å²) in [6.07, 6.45) is 3.14. The number of allylic oxidation sites excluding steroid dienone is 1. The van der Waals surface area contributed by atoms with Gasteiger partial charge in [-0.3, -0.25) is 14.5 Å². The van der Waals surface area contributed by atoms with Crippen molar-refractivity contribution in [3.8, 4) is 11.5 Å². The first-order valence-corrected chi connectivity index (χ1v) is 11.6. The van der Waals surface area contributed by atoms with Crippen LogP contribution in [0, 0.1) is 12.8 Å². The first-order valence-electron chi connectivity index (χ1n) is 10.8. The number of hydrogen-bond donors (Lipinski definition) is 1. The molecule has 0 atom stereocenters. The number of esters is 1. The third kappa shape index (κ3) is 4.59. The van der Waals surface area contributed by atoms with Gasteiger partial charge < -0.3 is 14.6 Å². The first kappa shape index (κ1) is 22.6. The van der Waals surface area contributed by atoms with Gasteiger partial charge in [-0.25, -0.2) is 0 Å². The zero-order valence-corrected chi connectivity index (χ0v) is 19.8. The fourth-order valence-electron chi connectivity index (χ4n) is 4.29. The molecule has 2 aromatic carbocycles. The second-order valence-electron chi connectivity index (χ2n) is 8.19. The second kappa shape index (κ2) is 9.46. The lowest BCUT2D eigenvalue weighted by molar-refractivity contribution is -0.149. The molecule has 4 rings (SSSR count). The average molecular weight is 500 g/mol. The van der Waals surface area contributed by atoms with Crippen LogP contribution in [-0.2, 0) is 16.1 Å². The third-order valence-corrected chi connectivity index (χ3v) is 6.45. The highest BCUT2D eigenvalue weighted by atomic mass is 79.9. The van der Waals surface area contributed by atoms with E-state index in [2.05, 4.69) is 20.8 Å². The van der Waals surface area contributed by atoms with Crippen molar-refractivity contribution < 1.29 is 24.2 Å². The Morgan fingerprint density at radius 1 is 1.31 bits per heavy atom. The van der Waals surface area contributed by atoms with Crippen molar-refractivity contribution in [1.82, 2.24) is 4.90 Å². The molecule has 6 nitrogen and oxygen atoms in total. The van der Waals surface area contributed by atoms with E-state index in [4.69, 9.17) is 9.47 Å². The molecule has 1 saturated heterocycles. The van der Waals surface area contributed by atoms with Gasteiger partial charge in [0.2, 0.25) is 5.78 Å². The normalized spacial score (nSPS) is 18.0. The van der Waals surface area contributed by atoms with E-state index < -0.39 is 0 Å². The molecule has 0 aliphatic carbocycles. The highest BCUT2D eigenvalue weighted by Crippen LogP contribution is 2.42. The highest BCUT2D eigenvalue weighted by molar-refractivity contribution is 9.10. The Labute approximate surface area is 196 Å². The summed E-state index contributed by atoms with van der Waals surface area (Å²) in [5.41, 5.74) is 2.64. The number of benzene rings is 2. The van der Waals surface area contributed by atoms with Gasteiger partial charge >= 0.3 is 5.97 Å². The Morgan fingerprint density at radius 2 is 2.06 bits per heavy atom. The van der Waals surface area contributed by atoms with Gasteiger partial charge in [0.05, 0.1) is 23.7 Å². The summed E-state index contributed by atoms with van der Waals surface area (Å²) < 4.78 is 12.1. The van der Waals surface area contributed by atoms with E-state index in [1.165, 1.54) is 0 Å². The van der Waals surface area contributed by atoms with Crippen LogP contribution in [0.1, 0.15) is 46.8 Å². The van der Waals surface area contributed by atoms with Crippen molar-refractivity contribution in [1.29, 1.82) is 0 Å². The number of phenolic OH excluding ortho intramolecular Hbond substituents is 1. The van der Waals surface area contributed by atoms with Crippen LogP contribution in [0.2, 0.25) is 0 Å². The predicted octanol–water partition coefficient (Wildman–Crippen LogP) is 4.85. The molecule has 0 unspecified atom stereocenters. The topological polar surface area (TPSA) is 76.1 Å². The number of carbonyl (C=O) groups is 2. The number of halogens is 1. The number of ketones is 1. The maximum atomic E-state index is 13.1. The molecular weight excluding hydrogens is 474 g/mol. The molecule has 0 bridgehead atoms. The minimum absolute atomic E-state index is 0.0823. The molecule has 7 heteroatoms. The van der Waals surface area contributed by atoms with Crippen LogP contribution in [0.15, 0.2) is 40.6 Å². The van der Waals surface area contributed by atoms with Crippen molar-refractivity contribution in [2.45, 2.75) is 33.2 Å². The van der Waals surface area contributed by atoms with Crippen LogP contribution in [0.25, 0.3) is 6.08 Å². The van der Waals surface area contributed by atoms with Gasteiger partial charge in [0, 0.05) is 11.0 Å². The summed E-state index contributed by atoms with van der Waals surface area (Å²) in [6, 6.07) is 9.25. The zero-order chi connectivity index (χ0) is 22.8. The van der Waals surface area contributed by atoms with Gasteiger partial charge in [0.15, 0.2) is 5.76 Å². The number of phenols is 1. The summed E-state index contributed by atoms with van der Waals surface area (Å²) in [5, 5.41) is 10.7. The predicted molar refractivity (Wildman–Crippen MR) is 125 cm³/mol. The summed E-state index contributed by atoms with van der Waals surface area (Å²) in [6.45, 7) is 5.87. The first-order chi connectivity index (χ1) is 15.4. The molecule has 168 valence electrons.